The van der Waals surface area contributed by atoms with Gasteiger partial charge < -0.3 is 5.73 Å². The quantitative estimate of drug-likeness (QED) is 0.906. The summed E-state index contributed by atoms with van der Waals surface area (Å²) < 4.78 is 14.2. The van der Waals surface area contributed by atoms with E-state index in [1.54, 1.807) is 6.07 Å². The molecular formula is C16H23FN2. The molecule has 1 aromatic carbocycles. The van der Waals surface area contributed by atoms with Crippen molar-refractivity contribution >= 4 is 0 Å². The number of rotatable bonds is 3. The minimum atomic E-state index is -0.285. The molecule has 3 heteroatoms. The molecule has 2 aliphatic rings. The summed E-state index contributed by atoms with van der Waals surface area (Å²) in [6.45, 7) is 2.94. The number of likely N-dealkylation sites (tertiary alicyclic amines) is 1. The van der Waals surface area contributed by atoms with Gasteiger partial charge in [0.15, 0.2) is 0 Å². The zero-order valence-electron chi connectivity index (χ0n) is 11.5. The molecule has 0 unspecified atom stereocenters. The molecule has 0 amide bonds. The van der Waals surface area contributed by atoms with E-state index in [1.807, 2.05) is 12.1 Å². The Balaban J connectivity index is 1.77. The number of benzene rings is 1. The lowest BCUT2D eigenvalue weighted by Gasteiger charge is -2.25. The highest BCUT2D eigenvalue weighted by atomic mass is 19.1. The third-order valence-corrected chi connectivity index (χ3v) is 4.72. The van der Waals surface area contributed by atoms with Crippen LogP contribution in [-0.2, 0) is 12.1 Å². The molecule has 0 spiro atoms. The number of nitrogens with zero attached hydrogens (tertiary/aromatic N) is 1. The molecule has 104 valence electrons. The van der Waals surface area contributed by atoms with Gasteiger partial charge in [-0.15, -0.1) is 0 Å². The van der Waals surface area contributed by atoms with Crippen LogP contribution in [0.4, 0.5) is 4.39 Å². The topological polar surface area (TPSA) is 29.3 Å². The van der Waals surface area contributed by atoms with Crippen molar-refractivity contribution in [2.45, 2.75) is 50.6 Å². The first-order valence-corrected chi connectivity index (χ1v) is 7.48. The lowest BCUT2D eigenvalue weighted by atomic mass is 9.88. The molecule has 1 saturated carbocycles. The molecule has 1 heterocycles. The Bertz CT molecular complexity index is 446. The summed E-state index contributed by atoms with van der Waals surface area (Å²) >= 11 is 0. The summed E-state index contributed by atoms with van der Waals surface area (Å²) in [7, 11) is 0. The molecule has 1 saturated heterocycles. The Labute approximate surface area is 114 Å². The van der Waals surface area contributed by atoms with Gasteiger partial charge in [-0.3, -0.25) is 4.90 Å². The summed E-state index contributed by atoms with van der Waals surface area (Å²) in [5, 5.41) is 0. The van der Waals surface area contributed by atoms with Gasteiger partial charge in [-0.05, 0) is 50.4 Å². The SMILES string of the molecule is NC1(c2ccc(CN3CCCC3)c(F)c2)CCCC1. The summed E-state index contributed by atoms with van der Waals surface area (Å²) in [6.07, 6.45) is 6.77. The second kappa shape index (κ2) is 5.22. The van der Waals surface area contributed by atoms with Crippen molar-refractivity contribution in [2.24, 2.45) is 5.73 Å². The van der Waals surface area contributed by atoms with Gasteiger partial charge in [0.1, 0.15) is 5.82 Å². The van der Waals surface area contributed by atoms with Gasteiger partial charge in [0.05, 0.1) is 0 Å². The lowest BCUT2D eigenvalue weighted by molar-refractivity contribution is 0.325. The van der Waals surface area contributed by atoms with Crippen LogP contribution < -0.4 is 5.73 Å². The van der Waals surface area contributed by atoms with Crippen LogP contribution in [0.5, 0.6) is 0 Å². The first-order chi connectivity index (χ1) is 9.17. The fourth-order valence-corrected chi connectivity index (χ4v) is 3.46. The van der Waals surface area contributed by atoms with Crippen molar-refractivity contribution in [1.29, 1.82) is 0 Å². The monoisotopic (exact) mass is 262 g/mol. The molecule has 1 aromatic rings. The predicted octanol–water partition coefficient (Wildman–Crippen LogP) is 3.15. The number of hydrogen-bond acceptors (Lipinski definition) is 2. The number of halogens is 1. The Morgan fingerprint density at radius 1 is 1.11 bits per heavy atom. The highest BCUT2D eigenvalue weighted by molar-refractivity contribution is 5.30. The summed E-state index contributed by atoms with van der Waals surface area (Å²) in [4.78, 5) is 2.33. The third-order valence-electron chi connectivity index (χ3n) is 4.72. The molecule has 2 nitrogen and oxygen atoms in total. The zero-order valence-corrected chi connectivity index (χ0v) is 11.5. The molecule has 0 atom stereocenters. The van der Waals surface area contributed by atoms with E-state index in [0.29, 0.717) is 0 Å². The molecule has 0 radical (unpaired) electrons. The van der Waals surface area contributed by atoms with Gasteiger partial charge in [0.2, 0.25) is 0 Å². The zero-order chi connectivity index (χ0) is 13.3. The van der Waals surface area contributed by atoms with Crippen molar-refractivity contribution in [2.75, 3.05) is 13.1 Å². The van der Waals surface area contributed by atoms with Crippen LogP contribution in [0.2, 0.25) is 0 Å². The Kier molecular flexibility index (Phi) is 3.59. The molecule has 3 rings (SSSR count). The minimum absolute atomic E-state index is 0.0823. The van der Waals surface area contributed by atoms with Crippen LogP contribution >= 0.6 is 0 Å². The van der Waals surface area contributed by atoms with Gasteiger partial charge in [0, 0.05) is 17.6 Å². The van der Waals surface area contributed by atoms with Gasteiger partial charge in [-0.2, -0.15) is 0 Å². The van der Waals surface area contributed by atoms with E-state index in [1.165, 1.54) is 12.8 Å². The standard InChI is InChI=1S/C16H23FN2/c17-15-11-14(16(18)7-1-2-8-16)6-5-13(15)12-19-9-3-4-10-19/h5-6,11H,1-4,7-10,12,18H2. The molecule has 1 aliphatic carbocycles. The van der Waals surface area contributed by atoms with Crippen molar-refractivity contribution in [3.8, 4) is 0 Å². The van der Waals surface area contributed by atoms with E-state index in [-0.39, 0.29) is 11.4 Å². The van der Waals surface area contributed by atoms with Crippen LogP contribution in [0.15, 0.2) is 18.2 Å². The van der Waals surface area contributed by atoms with Gasteiger partial charge >= 0.3 is 0 Å². The third kappa shape index (κ3) is 2.67. The first-order valence-electron chi connectivity index (χ1n) is 7.48. The van der Waals surface area contributed by atoms with Crippen LogP contribution in [0.1, 0.15) is 49.7 Å². The van der Waals surface area contributed by atoms with E-state index in [2.05, 4.69) is 4.90 Å². The van der Waals surface area contributed by atoms with Crippen LogP contribution in [-0.4, -0.2) is 18.0 Å². The average molecular weight is 262 g/mol. The van der Waals surface area contributed by atoms with E-state index < -0.39 is 0 Å². The maximum atomic E-state index is 14.2. The van der Waals surface area contributed by atoms with Crippen molar-refractivity contribution in [3.63, 3.8) is 0 Å². The van der Waals surface area contributed by atoms with E-state index in [9.17, 15) is 4.39 Å². The van der Waals surface area contributed by atoms with Crippen molar-refractivity contribution < 1.29 is 4.39 Å². The smallest absolute Gasteiger partial charge is 0.128 e. The van der Waals surface area contributed by atoms with Gasteiger partial charge in [-0.25, -0.2) is 4.39 Å². The van der Waals surface area contributed by atoms with Crippen LogP contribution in [0.25, 0.3) is 0 Å². The molecule has 2 N–H and O–H groups in total. The fourth-order valence-electron chi connectivity index (χ4n) is 3.46. The second-order valence-corrected chi connectivity index (χ2v) is 6.15. The summed E-state index contributed by atoms with van der Waals surface area (Å²) in [5.74, 6) is -0.0823. The molecule has 19 heavy (non-hydrogen) atoms. The molecule has 1 aliphatic heterocycles. The molecular weight excluding hydrogens is 239 g/mol. The van der Waals surface area contributed by atoms with E-state index in [0.717, 1.165) is 56.4 Å². The predicted molar refractivity (Wildman–Crippen MR) is 75.2 cm³/mol. The van der Waals surface area contributed by atoms with Crippen molar-refractivity contribution in [3.05, 3.63) is 35.1 Å². The maximum Gasteiger partial charge on any atom is 0.128 e. The van der Waals surface area contributed by atoms with Crippen LogP contribution in [0, 0.1) is 5.82 Å². The lowest BCUT2D eigenvalue weighted by Crippen LogP contribution is -2.33. The second-order valence-electron chi connectivity index (χ2n) is 6.15. The summed E-state index contributed by atoms with van der Waals surface area (Å²) in [6, 6.07) is 5.66. The first kappa shape index (κ1) is 13.1. The number of hydrogen-bond donors (Lipinski definition) is 1. The average Bonchev–Trinajstić information content (AvgIpc) is 3.04. The van der Waals surface area contributed by atoms with E-state index in [4.69, 9.17) is 5.73 Å². The van der Waals surface area contributed by atoms with Crippen molar-refractivity contribution in [1.82, 2.24) is 4.90 Å². The Morgan fingerprint density at radius 2 is 1.79 bits per heavy atom. The highest BCUT2D eigenvalue weighted by Crippen LogP contribution is 2.36. The minimum Gasteiger partial charge on any atom is -0.321 e. The van der Waals surface area contributed by atoms with Crippen LogP contribution in [0.3, 0.4) is 0 Å². The molecule has 0 bridgehead atoms. The highest BCUT2D eigenvalue weighted by Gasteiger charge is 2.31. The Morgan fingerprint density at radius 3 is 2.42 bits per heavy atom. The fraction of sp³-hybridized carbons (Fsp3) is 0.625. The Hall–Kier alpha value is -0.930. The van der Waals surface area contributed by atoms with Gasteiger partial charge in [0.25, 0.3) is 0 Å². The molecule has 0 aromatic heterocycles. The van der Waals surface area contributed by atoms with E-state index >= 15 is 0 Å². The molecule has 2 fully saturated rings. The normalized spacial score (nSPS) is 23.1. The summed E-state index contributed by atoms with van der Waals surface area (Å²) in [5.41, 5.74) is 7.89. The number of nitrogens with two attached hydrogens (primary N) is 1. The maximum absolute atomic E-state index is 14.2. The van der Waals surface area contributed by atoms with Gasteiger partial charge in [-0.1, -0.05) is 25.0 Å². The largest absolute Gasteiger partial charge is 0.321 e.